The van der Waals surface area contributed by atoms with Crippen LogP contribution in [0, 0.1) is 13.8 Å². The lowest BCUT2D eigenvalue weighted by molar-refractivity contribution is 0.526. The molecule has 0 radical (unpaired) electrons. The molecule has 0 spiro atoms. The first kappa shape index (κ1) is 15.5. The maximum Gasteiger partial charge on any atom is 0.138 e. The van der Waals surface area contributed by atoms with Gasteiger partial charge in [0, 0.05) is 25.2 Å². The van der Waals surface area contributed by atoms with Crippen molar-refractivity contribution >= 4 is 0 Å². The third-order valence-corrected chi connectivity index (χ3v) is 4.02. The van der Waals surface area contributed by atoms with E-state index in [0.29, 0.717) is 0 Å². The van der Waals surface area contributed by atoms with Crippen molar-refractivity contribution in [2.75, 3.05) is 0 Å². The van der Waals surface area contributed by atoms with E-state index in [0.717, 1.165) is 43.9 Å². The first-order chi connectivity index (χ1) is 11.2. The van der Waals surface area contributed by atoms with E-state index in [9.17, 15) is 0 Å². The molecule has 0 atom stereocenters. The summed E-state index contributed by atoms with van der Waals surface area (Å²) in [6.07, 6.45) is 4.58. The average Bonchev–Trinajstić information content (AvgIpc) is 3.13. The molecule has 0 aliphatic heterocycles. The normalized spacial score (nSPS) is 11.0. The van der Waals surface area contributed by atoms with Gasteiger partial charge in [-0.3, -0.25) is 4.68 Å². The standard InChI is InChI=1S/C18H23N5/c1-15-13-16(2)22(21-15)11-6-9-18-19-14-20-23(18)12-10-17-7-4-3-5-8-17/h3-5,7-8,13-14H,6,9-12H2,1-2H3. The molecule has 0 unspecified atom stereocenters. The molecule has 0 N–H and O–H groups in total. The molecule has 0 saturated carbocycles. The molecular formula is C18H23N5. The van der Waals surface area contributed by atoms with Crippen molar-refractivity contribution in [3.8, 4) is 0 Å². The van der Waals surface area contributed by atoms with Gasteiger partial charge in [-0.05, 0) is 38.3 Å². The van der Waals surface area contributed by atoms with Crippen LogP contribution in [0.2, 0.25) is 0 Å². The van der Waals surface area contributed by atoms with Crippen LogP contribution in [0.4, 0.5) is 0 Å². The van der Waals surface area contributed by atoms with Crippen LogP contribution in [0.3, 0.4) is 0 Å². The highest BCUT2D eigenvalue weighted by Crippen LogP contribution is 2.07. The van der Waals surface area contributed by atoms with E-state index in [1.807, 2.05) is 17.7 Å². The van der Waals surface area contributed by atoms with Gasteiger partial charge in [0.15, 0.2) is 0 Å². The number of hydrogen-bond acceptors (Lipinski definition) is 3. The molecular weight excluding hydrogens is 286 g/mol. The molecule has 2 aromatic heterocycles. The molecule has 3 aromatic rings. The number of aryl methyl sites for hydroxylation is 6. The fourth-order valence-corrected chi connectivity index (χ4v) is 2.84. The lowest BCUT2D eigenvalue weighted by Gasteiger charge is -2.07. The van der Waals surface area contributed by atoms with Crippen molar-refractivity contribution in [2.24, 2.45) is 0 Å². The maximum absolute atomic E-state index is 4.50. The van der Waals surface area contributed by atoms with Gasteiger partial charge in [0.2, 0.25) is 0 Å². The molecule has 3 rings (SSSR count). The molecule has 0 bridgehead atoms. The Morgan fingerprint density at radius 3 is 2.52 bits per heavy atom. The predicted molar refractivity (Wildman–Crippen MR) is 90.2 cm³/mol. The van der Waals surface area contributed by atoms with Crippen molar-refractivity contribution in [2.45, 2.75) is 46.2 Å². The van der Waals surface area contributed by atoms with Crippen LogP contribution in [0.5, 0.6) is 0 Å². The minimum absolute atomic E-state index is 0.874. The van der Waals surface area contributed by atoms with Crippen molar-refractivity contribution in [1.29, 1.82) is 0 Å². The van der Waals surface area contributed by atoms with Crippen LogP contribution >= 0.6 is 0 Å². The minimum atomic E-state index is 0.874. The summed E-state index contributed by atoms with van der Waals surface area (Å²) in [7, 11) is 0. The third kappa shape index (κ3) is 4.06. The number of aromatic nitrogens is 5. The Labute approximate surface area is 137 Å². The number of hydrogen-bond donors (Lipinski definition) is 0. The van der Waals surface area contributed by atoms with Crippen molar-refractivity contribution in [3.63, 3.8) is 0 Å². The molecule has 1 aromatic carbocycles. The van der Waals surface area contributed by atoms with Gasteiger partial charge in [-0.15, -0.1) is 0 Å². The Hall–Kier alpha value is -2.43. The van der Waals surface area contributed by atoms with E-state index in [1.165, 1.54) is 11.3 Å². The van der Waals surface area contributed by atoms with E-state index >= 15 is 0 Å². The summed E-state index contributed by atoms with van der Waals surface area (Å²) in [4.78, 5) is 4.41. The molecule has 5 heteroatoms. The summed E-state index contributed by atoms with van der Waals surface area (Å²) in [6.45, 7) is 5.93. The van der Waals surface area contributed by atoms with Gasteiger partial charge in [-0.25, -0.2) is 9.67 Å². The summed E-state index contributed by atoms with van der Waals surface area (Å²) in [5.41, 5.74) is 3.62. The predicted octanol–water partition coefficient (Wildman–Crippen LogP) is 2.97. The van der Waals surface area contributed by atoms with E-state index in [-0.39, 0.29) is 0 Å². The van der Waals surface area contributed by atoms with Crippen LogP contribution in [0.15, 0.2) is 42.7 Å². The molecule has 5 nitrogen and oxygen atoms in total. The summed E-state index contributed by atoms with van der Waals surface area (Å²) < 4.78 is 4.09. The third-order valence-electron chi connectivity index (χ3n) is 4.02. The summed E-state index contributed by atoms with van der Waals surface area (Å²) >= 11 is 0. The lowest BCUT2D eigenvalue weighted by Crippen LogP contribution is -2.10. The zero-order valence-electron chi connectivity index (χ0n) is 13.8. The van der Waals surface area contributed by atoms with Gasteiger partial charge in [0.1, 0.15) is 12.2 Å². The number of rotatable bonds is 7. The molecule has 0 aliphatic rings. The summed E-state index contributed by atoms with van der Waals surface area (Å²) in [5, 5.41) is 8.86. The number of nitrogens with zero attached hydrogens (tertiary/aromatic N) is 5. The van der Waals surface area contributed by atoms with E-state index in [2.05, 4.69) is 57.1 Å². The SMILES string of the molecule is Cc1cc(C)n(CCCc2ncnn2CCc2ccccc2)n1. The Morgan fingerprint density at radius 1 is 0.957 bits per heavy atom. The molecule has 0 fully saturated rings. The van der Waals surface area contributed by atoms with E-state index in [1.54, 1.807) is 6.33 Å². The Kier molecular flexibility index (Phi) is 4.86. The van der Waals surface area contributed by atoms with Crippen molar-refractivity contribution in [1.82, 2.24) is 24.5 Å². The van der Waals surface area contributed by atoms with Gasteiger partial charge in [-0.1, -0.05) is 30.3 Å². The Bertz CT molecular complexity index is 742. The van der Waals surface area contributed by atoms with Crippen LogP contribution in [0.25, 0.3) is 0 Å². The second-order valence-corrected chi connectivity index (χ2v) is 5.89. The first-order valence-electron chi connectivity index (χ1n) is 8.14. The molecule has 0 saturated heterocycles. The largest absolute Gasteiger partial charge is 0.270 e. The fraction of sp³-hybridized carbons (Fsp3) is 0.389. The average molecular weight is 309 g/mol. The zero-order valence-corrected chi connectivity index (χ0v) is 13.8. The van der Waals surface area contributed by atoms with Crippen LogP contribution < -0.4 is 0 Å². The van der Waals surface area contributed by atoms with Crippen molar-refractivity contribution in [3.05, 3.63) is 65.5 Å². The maximum atomic E-state index is 4.50. The molecule has 2 heterocycles. The topological polar surface area (TPSA) is 48.5 Å². The zero-order chi connectivity index (χ0) is 16.1. The van der Waals surface area contributed by atoms with Crippen LogP contribution in [-0.2, 0) is 25.9 Å². The highest BCUT2D eigenvalue weighted by atomic mass is 15.3. The van der Waals surface area contributed by atoms with Gasteiger partial charge in [0.05, 0.1) is 5.69 Å². The Balaban J connectivity index is 1.53. The fourth-order valence-electron chi connectivity index (χ4n) is 2.84. The van der Waals surface area contributed by atoms with Gasteiger partial charge in [-0.2, -0.15) is 10.2 Å². The Morgan fingerprint density at radius 2 is 1.78 bits per heavy atom. The highest BCUT2D eigenvalue weighted by molar-refractivity contribution is 5.14. The van der Waals surface area contributed by atoms with Crippen molar-refractivity contribution < 1.29 is 0 Å². The number of benzene rings is 1. The molecule has 0 amide bonds. The van der Waals surface area contributed by atoms with Crippen LogP contribution in [0.1, 0.15) is 29.2 Å². The van der Waals surface area contributed by atoms with Gasteiger partial charge in [0.25, 0.3) is 0 Å². The monoisotopic (exact) mass is 309 g/mol. The van der Waals surface area contributed by atoms with E-state index in [4.69, 9.17) is 0 Å². The lowest BCUT2D eigenvalue weighted by atomic mass is 10.1. The molecule has 0 aliphatic carbocycles. The smallest absolute Gasteiger partial charge is 0.138 e. The summed E-state index contributed by atoms with van der Waals surface area (Å²) in [5.74, 6) is 1.06. The quantitative estimate of drug-likeness (QED) is 0.674. The summed E-state index contributed by atoms with van der Waals surface area (Å²) in [6, 6.07) is 12.6. The second kappa shape index (κ2) is 7.22. The minimum Gasteiger partial charge on any atom is -0.270 e. The molecule has 23 heavy (non-hydrogen) atoms. The van der Waals surface area contributed by atoms with E-state index < -0.39 is 0 Å². The highest BCUT2D eigenvalue weighted by Gasteiger charge is 2.06. The first-order valence-corrected chi connectivity index (χ1v) is 8.14. The van der Waals surface area contributed by atoms with Gasteiger partial charge >= 0.3 is 0 Å². The molecule has 120 valence electrons. The van der Waals surface area contributed by atoms with Gasteiger partial charge < -0.3 is 0 Å². The second-order valence-electron chi connectivity index (χ2n) is 5.89. The van der Waals surface area contributed by atoms with Crippen LogP contribution in [-0.4, -0.2) is 24.5 Å².